The Hall–Kier alpha value is -1.65. The van der Waals surface area contributed by atoms with Gasteiger partial charge in [0, 0.05) is 30.3 Å². The second-order valence-corrected chi connectivity index (χ2v) is 6.25. The van der Waals surface area contributed by atoms with Crippen LogP contribution in [-0.2, 0) is 13.1 Å². The summed E-state index contributed by atoms with van der Waals surface area (Å²) >= 11 is 0. The zero-order chi connectivity index (χ0) is 15.5. The highest BCUT2D eigenvalue weighted by atomic mass is 15.3. The van der Waals surface area contributed by atoms with Crippen LogP contribution in [0, 0.1) is 0 Å². The molecule has 0 aliphatic carbocycles. The van der Waals surface area contributed by atoms with E-state index in [2.05, 4.69) is 53.9 Å². The van der Waals surface area contributed by atoms with Crippen LogP contribution < -0.4 is 5.73 Å². The van der Waals surface area contributed by atoms with Crippen molar-refractivity contribution in [2.45, 2.75) is 38.8 Å². The number of aromatic nitrogens is 2. The van der Waals surface area contributed by atoms with Crippen molar-refractivity contribution in [3.8, 4) is 11.3 Å². The fourth-order valence-corrected chi connectivity index (χ4v) is 3.27. The van der Waals surface area contributed by atoms with Crippen molar-refractivity contribution in [1.29, 1.82) is 0 Å². The third-order valence-electron chi connectivity index (χ3n) is 4.73. The first-order valence-corrected chi connectivity index (χ1v) is 8.27. The number of rotatable bonds is 4. The van der Waals surface area contributed by atoms with E-state index < -0.39 is 0 Å². The number of nitrogens with zero attached hydrogens (tertiary/aromatic N) is 3. The molecule has 0 atom stereocenters. The molecule has 0 spiro atoms. The van der Waals surface area contributed by atoms with Crippen LogP contribution in [0.25, 0.3) is 11.3 Å². The SMILES string of the molecule is CCn1nc(-c2ccc(CN)cc2)cc1C1CCN(C)CC1. The molecule has 0 unspecified atom stereocenters. The molecule has 1 aromatic heterocycles. The van der Waals surface area contributed by atoms with Crippen molar-refractivity contribution in [2.75, 3.05) is 20.1 Å². The monoisotopic (exact) mass is 298 g/mol. The van der Waals surface area contributed by atoms with Crippen LogP contribution in [0.15, 0.2) is 30.3 Å². The fraction of sp³-hybridized carbons (Fsp3) is 0.500. The van der Waals surface area contributed by atoms with E-state index >= 15 is 0 Å². The van der Waals surface area contributed by atoms with Crippen LogP contribution >= 0.6 is 0 Å². The number of nitrogens with two attached hydrogens (primary N) is 1. The lowest BCUT2D eigenvalue weighted by atomic mass is 9.93. The van der Waals surface area contributed by atoms with Gasteiger partial charge in [0.2, 0.25) is 0 Å². The summed E-state index contributed by atoms with van der Waals surface area (Å²) in [5.74, 6) is 0.640. The Bertz CT molecular complexity index is 607. The lowest BCUT2D eigenvalue weighted by molar-refractivity contribution is 0.250. The predicted molar refractivity (Wildman–Crippen MR) is 90.7 cm³/mol. The summed E-state index contributed by atoms with van der Waals surface area (Å²) in [7, 11) is 2.21. The van der Waals surface area contributed by atoms with Crippen molar-refractivity contribution in [3.63, 3.8) is 0 Å². The number of aryl methyl sites for hydroxylation is 1. The van der Waals surface area contributed by atoms with Gasteiger partial charge in [-0.1, -0.05) is 24.3 Å². The number of piperidine rings is 1. The second kappa shape index (κ2) is 6.63. The average Bonchev–Trinajstić information content (AvgIpc) is 3.00. The molecular weight excluding hydrogens is 272 g/mol. The summed E-state index contributed by atoms with van der Waals surface area (Å²) < 4.78 is 2.18. The number of likely N-dealkylation sites (tertiary alicyclic amines) is 1. The lowest BCUT2D eigenvalue weighted by Gasteiger charge is -2.29. The first kappa shape index (κ1) is 15.3. The summed E-state index contributed by atoms with van der Waals surface area (Å²) in [6, 6.07) is 10.7. The molecule has 0 saturated carbocycles. The number of hydrogen-bond acceptors (Lipinski definition) is 3. The van der Waals surface area contributed by atoms with Gasteiger partial charge in [-0.3, -0.25) is 4.68 Å². The van der Waals surface area contributed by atoms with Crippen molar-refractivity contribution >= 4 is 0 Å². The van der Waals surface area contributed by atoms with Crippen LogP contribution in [0.5, 0.6) is 0 Å². The maximum Gasteiger partial charge on any atom is 0.0926 e. The minimum absolute atomic E-state index is 0.588. The molecule has 0 radical (unpaired) electrons. The molecule has 1 fully saturated rings. The van der Waals surface area contributed by atoms with Crippen LogP contribution in [0.4, 0.5) is 0 Å². The minimum atomic E-state index is 0.588. The third kappa shape index (κ3) is 3.08. The lowest BCUT2D eigenvalue weighted by Crippen LogP contribution is -2.30. The van der Waals surface area contributed by atoms with Gasteiger partial charge in [-0.25, -0.2) is 0 Å². The van der Waals surface area contributed by atoms with E-state index in [1.807, 2.05) is 0 Å². The van der Waals surface area contributed by atoms with E-state index in [1.165, 1.54) is 37.2 Å². The van der Waals surface area contributed by atoms with E-state index in [0.29, 0.717) is 12.5 Å². The van der Waals surface area contributed by atoms with Gasteiger partial charge in [0.05, 0.1) is 5.69 Å². The highest BCUT2D eigenvalue weighted by Crippen LogP contribution is 2.30. The van der Waals surface area contributed by atoms with E-state index in [1.54, 1.807) is 0 Å². The quantitative estimate of drug-likeness (QED) is 0.944. The number of benzene rings is 1. The van der Waals surface area contributed by atoms with Crippen LogP contribution in [0.1, 0.15) is 36.9 Å². The third-order valence-corrected chi connectivity index (χ3v) is 4.73. The zero-order valence-corrected chi connectivity index (χ0v) is 13.6. The molecule has 0 bridgehead atoms. The van der Waals surface area contributed by atoms with Gasteiger partial charge in [-0.2, -0.15) is 5.10 Å². The highest BCUT2D eigenvalue weighted by Gasteiger charge is 2.22. The Morgan fingerprint density at radius 1 is 1.18 bits per heavy atom. The van der Waals surface area contributed by atoms with Gasteiger partial charge in [0.25, 0.3) is 0 Å². The first-order valence-electron chi connectivity index (χ1n) is 8.27. The standard InChI is InChI=1S/C18H26N4/c1-3-22-18(16-8-10-21(2)11-9-16)12-17(20-22)15-6-4-14(13-19)5-7-15/h4-7,12,16H,3,8-11,13,19H2,1-2H3. The van der Waals surface area contributed by atoms with Gasteiger partial charge >= 0.3 is 0 Å². The van der Waals surface area contributed by atoms with Gasteiger partial charge in [0.15, 0.2) is 0 Å². The summed E-state index contributed by atoms with van der Waals surface area (Å²) in [5, 5.41) is 4.82. The maximum absolute atomic E-state index is 5.67. The van der Waals surface area contributed by atoms with E-state index in [9.17, 15) is 0 Å². The van der Waals surface area contributed by atoms with Crippen LogP contribution in [0.3, 0.4) is 0 Å². The Labute approximate surface area is 132 Å². The summed E-state index contributed by atoms with van der Waals surface area (Å²) in [6.45, 7) is 6.06. The topological polar surface area (TPSA) is 47.1 Å². The van der Waals surface area contributed by atoms with E-state index in [-0.39, 0.29) is 0 Å². The molecular formula is C18H26N4. The van der Waals surface area contributed by atoms with Gasteiger partial charge < -0.3 is 10.6 Å². The van der Waals surface area contributed by atoms with Gasteiger partial charge in [-0.15, -0.1) is 0 Å². The molecule has 22 heavy (non-hydrogen) atoms. The molecule has 1 saturated heterocycles. The molecule has 4 nitrogen and oxygen atoms in total. The van der Waals surface area contributed by atoms with E-state index in [4.69, 9.17) is 10.8 Å². The predicted octanol–water partition coefficient (Wildman–Crippen LogP) is 2.84. The van der Waals surface area contributed by atoms with Crippen molar-refractivity contribution in [3.05, 3.63) is 41.6 Å². The van der Waals surface area contributed by atoms with Crippen LogP contribution in [0.2, 0.25) is 0 Å². The Morgan fingerprint density at radius 3 is 2.45 bits per heavy atom. The normalized spacial score (nSPS) is 17.0. The van der Waals surface area contributed by atoms with Crippen molar-refractivity contribution < 1.29 is 0 Å². The smallest absolute Gasteiger partial charge is 0.0926 e. The molecule has 1 aliphatic rings. The Morgan fingerprint density at radius 2 is 1.86 bits per heavy atom. The minimum Gasteiger partial charge on any atom is -0.326 e. The zero-order valence-electron chi connectivity index (χ0n) is 13.6. The fourth-order valence-electron chi connectivity index (χ4n) is 3.27. The second-order valence-electron chi connectivity index (χ2n) is 6.25. The molecule has 118 valence electrons. The van der Waals surface area contributed by atoms with Gasteiger partial charge in [-0.05, 0) is 51.5 Å². The summed E-state index contributed by atoms with van der Waals surface area (Å²) in [6.07, 6.45) is 2.46. The van der Waals surface area contributed by atoms with Gasteiger partial charge in [0.1, 0.15) is 0 Å². The Kier molecular flexibility index (Phi) is 4.60. The summed E-state index contributed by atoms with van der Waals surface area (Å²) in [4.78, 5) is 2.41. The van der Waals surface area contributed by atoms with Crippen LogP contribution in [-0.4, -0.2) is 34.8 Å². The maximum atomic E-state index is 5.67. The highest BCUT2D eigenvalue weighted by molar-refractivity contribution is 5.60. The molecule has 0 amide bonds. The molecule has 1 aromatic carbocycles. The largest absolute Gasteiger partial charge is 0.326 e. The summed E-state index contributed by atoms with van der Waals surface area (Å²) in [5.41, 5.74) is 10.5. The average molecular weight is 298 g/mol. The van der Waals surface area contributed by atoms with Crippen molar-refractivity contribution in [1.82, 2.24) is 14.7 Å². The van der Waals surface area contributed by atoms with Crippen molar-refractivity contribution in [2.24, 2.45) is 5.73 Å². The number of hydrogen-bond donors (Lipinski definition) is 1. The molecule has 3 rings (SSSR count). The van der Waals surface area contributed by atoms with E-state index in [0.717, 1.165) is 17.8 Å². The molecule has 1 aliphatic heterocycles. The first-order chi connectivity index (χ1) is 10.7. The molecule has 2 aromatic rings. The molecule has 4 heteroatoms. The Balaban J connectivity index is 1.87. The molecule has 2 heterocycles. The molecule has 2 N–H and O–H groups in total.